The highest BCUT2D eigenvalue weighted by Gasteiger charge is 2.15. The minimum Gasteiger partial charge on any atom is -0.485 e. The Hall–Kier alpha value is -2.48. The van der Waals surface area contributed by atoms with E-state index in [1.807, 2.05) is 30.5 Å². The highest BCUT2D eigenvalue weighted by atomic mass is 35.5. The normalized spacial score (nSPS) is 10.7. The third kappa shape index (κ3) is 6.26. The van der Waals surface area contributed by atoms with Crippen molar-refractivity contribution in [2.24, 2.45) is 0 Å². The molecule has 31 heavy (non-hydrogen) atoms. The predicted molar refractivity (Wildman–Crippen MR) is 126 cm³/mol. The number of carbonyl (C=O) groups excluding carboxylic acids is 1. The Morgan fingerprint density at radius 1 is 1.23 bits per heavy atom. The number of allylic oxidation sites excluding steroid dienone is 1. The molecule has 0 bridgehead atoms. The summed E-state index contributed by atoms with van der Waals surface area (Å²) in [6.45, 7) is 8.60. The number of anilines is 1. The number of benzene rings is 2. The van der Waals surface area contributed by atoms with Gasteiger partial charge in [-0.1, -0.05) is 58.7 Å². The maximum atomic E-state index is 12.4. The van der Waals surface area contributed by atoms with Crippen molar-refractivity contribution in [2.45, 2.75) is 32.2 Å². The lowest BCUT2D eigenvalue weighted by molar-refractivity contribution is -0.113. The second kappa shape index (κ2) is 10.7. The van der Waals surface area contributed by atoms with E-state index < -0.39 is 0 Å². The molecule has 1 aromatic heterocycles. The molecule has 0 saturated heterocycles. The van der Waals surface area contributed by atoms with Crippen LogP contribution in [0.15, 0.2) is 54.2 Å². The van der Waals surface area contributed by atoms with Crippen LogP contribution in [-0.2, 0) is 17.9 Å². The standard InChI is InChI=1S/C22H22Cl2N4O2S/c1-4-9-28-20(12-30-19-8-5-14(2)10-15(19)3)26-27-22(28)31-13-21(29)25-18-11-16(23)6-7-17(18)24/h4-8,10-11H,1,9,12-13H2,2-3H3,(H,25,29). The van der Waals surface area contributed by atoms with Crippen molar-refractivity contribution < 1.29 is 9.53 Å². The smallest absolute Gasteiger partial charge is 0.234 e. The first-order valence-electron chi connectivity index (χ1n) is 9.48. The molecule has 1 N–H and O–H groups in total. The quantitative estimate of drug-likeness (QED) is 0.316. The summed E-state index contributed by atoms with van der Waals surface area (Å²) in [5.74, 6) is 1.36. The predicted octanol–water partition coefficient (Wildman–Crippen LogP) is 5.70. The summed E-state index contributed by atoms with van der Waals surface area (Å²) in [4.78, 5) is 12.4. The van der Waals surface area contributed by atoms with Gasteiger partial charge in [0.2, 0.25) is 5.91 Å². The number of thioether (sulfide) groups is 1. The molecule has 3 rings (SSSR count). The first-order chi connectivity index (χ1) is 14.9. The van der Waals surface area contributed by atoms with Crippen molar-refractivity contribution in [3.63, 3.8) is 0 Å². The van der Waals surface area contributed by atoms with Gasteiger partial charge in [-0.3, -0.25) is 9.36 Å². The fourth-order valence-corrected chi connectivity index (χ4v) is 3.96. The monoisotopic (exact) mass is 476 g/mol. The molecule has 6 nitrogen and oxygen atoms in total. The molecule has 0 saturated carbocycles. The lowest BCUT2D eigenvalue weighted by atomic mass is 10.1. The highest BCUT2D eigenvalue weighted by Crippen LogP contribution is 2.26. The molecule has 0 aliphatic rings. The zero-order valence-corrected chi connectivity index (χ0v) is 19.5. The van der Waals surface area contributed by atoms with Gasteiger partial charge in [0.25, 0.3) is 0 Å². The number of aromatic nitrogens is 3. The molecule has 0 aliphatic heterocycles. The summed E-state index contributed by atoms with van der Waals surface area (Å²) in [7, 11) is 0. The van der Waals surface area contributed by atoms with Crippen LogP contribution in [0.4, 0.5) is 5.69 Å². The maximum absolute atomic E-state index is 12.4. The van der Waals surface area contributed by atoms with E-state index in [0.29, 0.717) is 33.3 Å². The molecule has 0 spiro atoms. The first kappa shape index (κ1) is 23.2. The number of nitrogens with zero attached hydrogens (tertiary/aromatic N) is 3. The highest BCUT2D eigenvalue weighted by molar-refractivity contribution is 7.99. The lowest BCUT2D eigenvalue weighted by Gasteiger charge is -2.11. The molecule has 0 fully saturated rings. The van der Waals surface area contributed by atoms with Gasteiger partial charge in [0.15, 0.2) is 11.0 Å². The number of rotatable bonds is 9. The summed E-state index contributed by atoms with van der Waals surface area (Å²) in [5.41, 5.74) is 2.70. The average molecular weight is 477 g/mol. The molecule has 1 heterocycles. The van der Waals surface area contributed by atoms with E-state index in [1.165, 1.54) is 17.3 Å². The van der Waals surface area contributed by atoms with Crippen LogP contribution in [0.5, 0.6) is 5.75 Å². The van der Waals surface area contributed by atoms with E-state index in [2.05, 4.69) is 28.2 Å². The van der Waals surface area contributed by atoms with E-state index in [-0.39, 0.29) is 18.3 Å². The number of carbonyl (C=O) groups is 1. The molecule has 0 aliphatic carbocycles. The summed E-state index contributed by atoms with van der Waals surface area (Å²) < 4.78 is 7.81. The van der Waals surface area contributed by atoms with Crippen LogP contribution < -0.4 is 10.1 Å². The Labute approximate surface area is 195 Å². The van der Waals surface area contributed by atoms with Gasteiger partial charge in [0, 0.05) is 11.6 Å². The molecule has 9 heteroatoms. The molecule has 162 valence electrons. The van der Waals surface area contributed by atoms with Crippen LogP contribution in [0, 0.1) is 13.8 Å². The van der Waals surface area contributed by atoms with Crippen LogP contribution in [0.1, 0.15) is 17.0 Å². The first-order valence-corrected chi connectivity index (χ1v) is 11.2. The lowest BCUT2D eigenvalue weighted by Crippen LogP contribution is -2.15. The topological polar surface area (TPSA) is 69.0 Å². The Morgan fingerprint density at radius 2 is 2.03 bits per heavy atom. The number of halogens is 2. The van der Waals surface area contributed by atoms with Gasteiger partial charge in [-0.15, -0.1) is 16.8 Å². The van der Waals surface area contributed by atoms with Crippen LogP contribution in [0.3, 0.4) is 0 Å². The second-order valence-corrected chi connectivity index (χ2v) is 8.60. The summed E-state index contributed by atoms with van der Waals surface area (Å²) in [6.07, 6.45) is 1.75. The molecule has 3 aromatic rings. The number of amides is 1. The molecular weight excluding hydrogens is 455 g/mol. The summed E-state index contributed by atoms with van der Waals surface area (Å²) >= 11 is 13.3. The van der Waals surface area contributed by atoms with Crippen molar-refractivity contribution in [3.05, 3.63) is 76.0 Å². The van der Waals surface area contributed by atoms with Gasteiger partial charge in [-0.2, -0.15) is 0 Å². The number of nitrogens with one attached hydrogen (secondary N) is 1. The molecular formula is C22H22Cl2N4O2S. The number of hydrogen-bond acceptors (Lipinski definition) is 5. The third-order valence-electron chi connectivity index (χ3n) is 4.33. The van der Waals surface area contributed by atoms with Crippen molar-refractivity contribution in [1.29, 1.82) is 0 Å². The van der Waals surface area contributed by atoms with Crippen molar-refractivity contribution in [2.75, 3.05) is 11.1 Å². The zero-order valence-electron chi connectivity index (χ0n) is 17.2. The number of aryl methyl sites for hydroxylation is 2. The van der Waals surface area contributed by atoms with Crippen LogP contribution in [0.25, 0.3) is 0 Å². The number of ether oxygens (including phenoxy) is 1. The Morgan fingerprint density at radius 3 is 2.77 bits per heavy atom. The van der Waals surface area contributed by atoms with Gasteiger partial charge in [0.05, 0.1) is 16.5 Å². The van der Waals surface area contributed by atoms with E-state index >= 15 is 0 Å². The van der Waals surface area contributed by atoms with E-state index in [9.17, 15) is 4.79 Å². The van der Waals surface area contributed by atoms with E-state index in [4.69, 9.17) is 27.9 Å². The largest absolute Gasteiger partial charge is 0.485 e. The van der Waals surface area contributed by atoms with Gasteiger partial charge in [-0.05, 0) is 43.7 Å². The van der Waals surface area contributed by atoms with Crippen molar-refractivity contribution in [1.82, 2.24) is 14.8 Å². The summed E-state index contributed by atoms with van der Waals surface area (Å²) in [6, 6.07) is 10.9. The molecule has 0 radical (unpaired) electrons. The zero-order chi connectivity index (χ0) is 22.4. The number of hydrogen-bond donors (Lipinski definition) is 1. The minimum atomic E-state index is -0.226. The Kier molecular flexibility index (Phi) is 8.01. The molecule has 0 unspecified atom stereocenters. The van der Waals surface area contributed by atoms with Crippen LogP contribution in [-0.4, -0.2) is 26.4 Å². The average Bonchev–Trinajstić information content (AvgIpc) is 3.10. The van der Waals surface area contributed by atoms with Crippen LogP contribution >= 0.6 is 35.0 Å². The van der Waals surface area contributed by atoms with Gasteiger partial charge < -0.3 is 10.1 Å². The van der Waals surface area contributed by atoms with Crippen LogP contribution in [0.2, 0.25) is 10.0 Å². The van der Waals surface area contributed by atoms with Crippen molar-refractivity contribution in [3.8, 4) is 5.75 Å². The van der Waals surface area contributed by atoms with E-state index in [1.54, 1.807) is 24.3 Å². The molecule has 2 aromatic carbocycles. The van der Waals surface area contributed by atoms with Gasteiger partial charge in [-0.25, -0.2) is 0 Å². The second-order valence-electron chi connectivity index (χ2n) is 6.82. The molecule has 0 atom stereocenters. The third-order valence-corrected chi connectivity index (χ3v) is 5.86. The Balaban J connectivity index is 1.64. The summed E-state index contributed by atoms with van der Waals surface area (Å²) in [5, 5.41) is 12.7. The van der Waals surface area contributed by atoms with Gasteiger partial charge >= 0.3 is 0 Å². The van der Waals surface area contributed by atoms with Crippen molar-refractivity contribution >= 4 is 46.6 Å². The maximum Gasteiger partial charge on any atom is 0.234 e. The van der Waals surface area contributed by atoms with E-state index in [0.717, 1.165) is 11.3 Å². The minimum absolute atomic E-state index is 0.135. The molecule has 1 amide bonds. The SMILES string of the molecule is C=CCn1c(COc2ccc(C)cc2C)nnc1SCC(=O)Nc1cc(Cl)ccc1Cl. The fraction of sp³-hybridized carbons (Fsp3) is 0.227. The Bertz CT molecular complexity index is 1100. The van der Waals surface area contributed by atoms with Gasteiger partial charge in [0.1, 0.15) is 12.4 Å². The fourth-order valence-electron chi connectivity index (χ4n) is 2.86.